The molecule has 2 aromatic carbocycles. The van der Waals surface area contributed by atoms with Gasteiger partial charge in [0.2, 0.25) is 0 Å². The molecule has 5 heteroatoms. The van der Waals surface area contributed by atoms with Gasteiger partial charge in [0, 0.05) is 11.3 Å². The number of nitrogen functional groups attached to an aromatic ring is 1. The third kappa shape index (κ3) is 5.07. The number of benzene rings is 2. The van der Waals surface area contributed by atoms with Crippen molar-refractivity contribution < 1.29 is 4.74 Å². The van der Waals surface area contributed by atoms with Crippen molar-refractivity contribution in [2.45, 2.75) is 77.8 Å². The number of aromatic nitrogens is 1. The van der Waals surface area contributed by atoms with E-state index in [1.54, 1.807) is 7.11 Å². The predicted octanol–water partition coefficient (Wildman–Crippen LogP) is 7.85. The van der Waals surface area contributed by atoms with Crippen molar-refractivity contribution in [2.75, 3.05) is 12.8 Å². The summed E-state index contributed by atoms with van der Waals surface area (Å²) in [6.07, 6.45) is 0. The first kappa shape index (κ1) is 27.9. The van der Waals surface area contributed by atoms with Gasteiger partial charge in [-0.05, 0) is 39.5 Å². The molecular formula is C31H44N2OSi2. The van der Waals surface area contributed by atoms with Crippen LogP contribution in [0, 0.1) is 11.5 Å². The van der Waals surface area contributed by atoms with Crippen molar-refractivity contribution in [1.29, 1.82) is 0 Å². The highest BCUT2D eigenvalue weighted by Crippen LogP contribution is 2.42. The van der Waals surface area contributed by atoms with E-state index in [-0.39, 0.29) is 10.1 Å². The average molecular weight is 517 g/mol. The molecular weight excluding hydrogens is 473 g/mol. The second-order valence-corrected chi connectivity index (χ2v) is 23.1. The maximum absolute atomic E-state index is 7.17. The zero-order valence-electron chi connectivity index (χ0n) is 24.1. The van der Waals surface area contributed by atoms with E-state index in [9.17, 15) is 0 Å². The molecule has 192 valence electrons. The van der Waals surface area contributed by atoms with Crippen molar-refractivity contribution in [3.8, 4) is 34.2 Å². The Morgan fingerprint density at radius 3 is 1.83 bits per heavy atom. The molecule has 3 aromatic rings. The molecule has 0 saturated heterocycles. The van der Waals surface area contributed by atoms with Gasteiger partial charge in [0.25, 0.3) is 0 Å². The normalized spacial score (nSPS) is 12.8. The summed E-state index contributed by atoms with van der Waals surface area (Å²) >= 11 is 0. The van der Waals surface area contributed by atoms with Crippen LogP contribution in [0.4, 0.5) is 5.69 Å². The fourth-order valence-corrected chi connectivity index (χ4v) is 7.10. The molecule has 0 bridgehead atoms. The van der Waals surface area contributed by atoms with Gasteiger partial charge < -0.3 is 15.0 Å². The molecule has 0 radical (unpaired) electrons. The van der Waals surface area contributed by atoms with Crippen LogP contribution in [-0.4, -0.2) is 27.8 Å². The van der Waals surface area contributed by atoms with Gasteiger partial charge >= 0.3 is 0 Å². The number of rotatable bonds is 4. The van der Waals surface area contributed by atoms with Crippen molar-refractivity contribution in [2.24, 2.45) is 0 Å². The fourth-order valence-electron chi connectivity index (χ4n) is 3.99. The van der Waals surface area contributed by atoms with E-state index >= 15 is 0 Å². The number of hydrogen-bond acceptors (Lipinski definition) is 2. The highest BCUT2D eigenvalue weighted by Gasteiger charge is 2.43. The Bertz CT molecular complexity index is 1280. The van der Waals surface area contributed by atoms with Crippen LogP contribution < -0.4 is 15.7 Å². The van der Waals surface area contributed by atoms with Crippen LogP contribution in [0.15, 0.2) is 54.6 Å². The van der Waals surface area contributed by atoms with Crippen LogP contribution >= 0.6 is 0 Å². The monoisotopic (exact) mass is 516 g/mol. The highest BCUT2D eigenvalue weighted by atomic mass is 28.3. The molecule has 1 heterocycles. The summed E-state index contributed by atoms with van der Waals surface area (Å²) in [5.74, 6) is 4.60. The minimum atomic E-state index is -2.06. The average Bonchev–Trinajstić information content (AvgIpc) is 3.09. The van der Waals surface area contributed by atoms with Gasteiger partial charge in [-0.25, -0.2) is 0 Å². The van der Waals surface area contributed by atoms with E-state index in [1.807, 2.05) is 18.2 Å². The second-order valence-electron chi connectivity index (χ2n) is 12.9. The van der Waals surface area contributed by atoms with Crippen LogP contribution in [0.5, 0.6) is 5.75 Å². The summed E-state index contributed by atoms with van der Waals surface area (Å²) in [5.41, 5.74) is 16.1. The summed E-state index contributed by atoms with van der Waals surface area (Å²) in [6.45, 7) is 23.6. The molecule has 0 atom stereocenters. The number of hydrogen-bond donors (Lipinski definition) is 1. The quantitative estimate of drug-likeness (QED) is 0.283. The van der Waals surface area contributed by atoms with Crippen molar-refractivity contribution in [3.63, 3.8) is 0 Å². The molecule has 36 heavy (non-hydrogen) atoms. The van der Waals surface area contributed by atoms with Gasteiger partial charge in [-0.3, -0.25) is 0 Å². The van der Waals surface area contributed by atoms with Crippen molar-refractivity contribution in [3.05, 3.63) is 60.3 Å². The largest absolute Gasteiger partial charge is 0.497 e. The van der Waals surface area contributed by atoms with E-state index in [4.69, 9.17) is 10.5 Å². The number of anilines is 1. The summed E-state index contributed by atoms with van der Waals surface area (Å²) in [7, 11) is -2.23. The van der Waals surface area contributed by atoms with E-state index in [1.165, 1.54) is 5.19 Å². The molecule has 0 aliphatic heterocycles. The third-order valence-electron chi connectivity index (χ3n) is 8.45. The molecule has 3 rings (SSSR count). The van der Waals surface area contributed by atoms with Gasteiger partial charge in [0.05, 0.1) is 32.3 Å². The van der Waals surface area contributed by atoms with E-state index in [0.29, 0.717) is 0 Å². The first-order valence-electron chi connectivity index (χ1n) is 12.8. The third-order valence-corrected chi connectivity index (χ3v) is 18.5. The molecule has 2 N–H and O–H groups in total. The Morgan fingerprint density at radius 1 is 0.806 bits per heavy atom. The Hall–Kier alpha value is -2.69. The van der Waals surface area contributed by atoms with Gasteiger partial charge in [-0.2, -0.15) is 0 Å². The SMILES string of the molecule is COc1ccc(-n2c(C#C[Si](C)(C)C(C)(C)C)c([Si](C)(C)C(C)(C)C)c(N)c2-c2ccccc2)cc1. The molecule has 0 spiro atoms. The molecule has 3 nitrogen and oxygen atoms in total. The lowest BCUT2D eigenvalue weighted by Crippen LogP contribution is -2.51. The number of ether oxygens (including phenoxy) is 1. The van der Waals surface area contributed by atoms with Crippen LogP contribution in [-0.2, 0) is 0 Å². The lowest BCUT2D eigenvalue weighted by atomic mass is 10.1. The number of nitrogens with zero attached hydrogens (tertiary/aromatic N) is 1. The van der Waals surface area contributed by atoms with Crippen LogP contribution in [0.3, 0.4) is 0 Å². The van der Waals surface area contributed by atoms with Crippen molar-refractivity contribution >= 4 is 27.0 Å². The summed E-state index contributed by atoms with van der Waals surface area (Å²) in [4.78, 5) is 0. The molecule has 0 saturated carbocycles. The van der Waals surface area contributed by atoms with Crippen molar-refractivity contribution in [1.82, 2.24) is 4.57 Å². The molecule has 0 amide bonds. The van der Waals surface area contributed by atoms with Gasteiger partial charge in [-0.1, -0.05) is 104 Å². The Kier molecular flexibility index (Phi) is 7.47. The first-order chi connectivity index (χ1) is 16.5. The molecule has 0 aliphatic rings. The summed E-state index contributed by atoms with van der Waals surface area (Å²) in [6, 6.07) is 18.7. The smallest absolute Gasteiger partial charge is 0.138 e. The number of methoxy groups -OCH3 is 1. The zero-order valence-corrected chi connectivity index (χ0v) is 26.1. The maximum atomic E-state index is 7.17. The lowest BCUT2D eigenvalue weighted by molar-refractivity contribution is 0.415. The van der Waals surface area contributed by atoms with Gasteiger partial charge in [0.15, 0.2) is 0 Å². The molecule has 0 fully saturated rings. The zero-order chi connectivity index (χ0) is 27.1. The van der Waals surface area contributed by atoms with E-state index < -0.39 is 16.1 Å². The van der Waals surface area contributed by atoms with E-state index in [0.717, 1.165) is 34.1 Å². The minimum Gasteiger partial charge on any atom is -0.497 e. The second kappa shape index (κ2) is 9.65. The predicted molar refractivity (Wildman–Crippen MR) is 163 cm³/mol. The molecule has 0 aliphatic carbocycles. The summed E-state index contributed by atoms with van der Waals surface area (Å²) < 4.78 is 7.76. The lowest BCUT2D eigenvalue weighted by Gasteiger charge is -2.37. The molecule has 1 aromatic heterocycles. The number of nitrogens with two attached hydrogens (primary N) is 1. The van der Waals surface area contributed by atoms with Gasteiger partial charge in [-0.15, -0.1) is 5.54 Å². The Labute approximate surface area is 221 Å². The van der Waals surface area contributed by atoms with Crippen LogP contribution in [0.25, 0.3) is 16.9 Å². The fraction of sp³-hybridized carbons (Fsp3) is 0.419. The van der Waals surface area contributed by atoms with Crippen LogP contribution in [0.1, 0.15) is 47.2 Å². The van der Waals surface area contributed by atoms with Gasteiger partial charge in [0.1, 0.15) is 13.8 Å². The molecule has 0 unspecified atom stereocenters. The topological polar surface area (TPSA) is 40.2 Å². The standard InChI is InChI=1S/C31H44N2OSi2/c1-30(2,3)35(8,9)22-21-26-29(36(10,11)31(4,5)6)27(32)28(23-15-13-12-14-16-23)33(26)24-17-19-25(34-7)20-18-24/h12-20H,32H2,1-11H3. The summed E-state index contributed by atoms with van der Waals surface area (Å²) in [5, 5.41) is 1.53. The Morgan fingerprint density at radius 2 is 1.36 bits per heavy atom. The maximum Gasteiger partial charge on any atom is 0.138 e. The first-order valence-corrected chi connectivity index (χ1v) is 18.8. The highest BCUT2D eigenvalue weighted by molar-refractivity contribution is 6.93. The van der Waals surface area contributed by atoms with Crippen LogP contribution in [0.2, 0.25) is 36.3 Å². The minimum absolute atomic E-state index is 0.106. The Balaban J connectivity index is 2.52. The van der Waals surface area contributed by atoms with E-state index in [2.05, 4.69) is 120 Å².